The maximum Gasteiger partial charge on any atom is 0.203 e. The van der Waals surface area contributed by atoms with Gasteiger partial charge >= 0.3 is 0 Å². The van der Waals surface area contributed by atoms with E-state index in [2.05, 4.69) is 0 Å². The van der Waals surface area contributed by atoms with Crippen molar-refractivity contribution >= 4 is 5.78 Å². The average Bonchev–Trinajstić information content (AvgIpc) is 2.51. The van der Waals surface area contributed by atoms with Crippen molar-refractivity contribution < 1.29 is 28.5 Å². The molecule has 0 saturated carbocycles. The molecular formula is C17H16F2O4. The number of hydrogen-bond acceptors (Lipinski definition) is 4. The van der Waals surface area contributed by atoms with E-state index in [1.165, 1.54) is 12.1 Å². The highest BCUT2D eigenvalue weighted by atomic mass is 19.2. The number of ether oxygens (including phenoxy) is 1. The molecule has 4 nitrogen and oxygen atoms in total. The molecule has 0 aliphatic heterocycles. The monoisotopic (exact) mass is 322 g/mol. The summed E-state index contributed by atoms with van der Waals surface area (Å²) in [5, 5.41) is 19.5. The number of aromatic hydroxyl groups is 2. The molecule has 0 amide bonds. The van der Waals surface area contributed by atoms with Gasteiger partial charge in [0.2, 0.25) is 5.78 Å². The van der Waals surface area contributed by atoms with Gasteiger partial charge in [0.15, 0.2) is 18.2 Å². The molecule has 0 fully saturated rings. The molecule has 2 rings (SSSR count). The van der Waals surface area contributed by atoms with Gasteiger partial charge in [-0.25, -0.2) is 8.78 Å². The largest absolute Gasteiger partial charge is 0.508 e. The number of aryl methyl sites for hydroxylation is 1. The standard InChI is InChI=1S/C17H16F2O4/c1-2-3-10-6-12(16(21)8-15(10)20)17(22)9-23-11-4-5-13(18)14(19)7-11/h4-8,20-21H,2-3,9H2,1H3. The van der Waals surface area contributed by atoms with Crippen LogP contribution in [0.1, 0.15) is 29.3 Å². The van der Waals surface area contributed by atoms with Crippen LogP contribution in [0.5, 0.6) is 17.2 Å². The van der Waals surface area contributed by atoms with Gasteiger partial charge in [-0.15, -0.1) is 0 Å². The Hall–Kier alpha value is -2.63. The first-order chi connectivity index (χ1) is 10.9. The maximum atomic E-state index is 13.1. The predicted molar refractivity (Wildman–Crippen MR) is 80.0 cm³/mol. The van der Waals surface area contributed by atoms with Crippen molar-refractivity contribution in [1.82, 2.24) is 0 Å². The lowest BCUT2D eigenvalue weighted by Gasteiger charge is -2.10. The quantitative estimate of drug-likeness (QED) is 0.798. The summed E-state index contributed by atoms with van der Waals surface area (Å²) in [7, 11) is 0. The number of halogens is 2. The number of benzene rings is 2. The summed E-state index contributed by atoms with van der Waals surface area (Å²) in [4.78, 5) is 12.1. The highest BCUT2D eigenvalue weighted by Gasteiger charge is 2.16. The van der Waals surface area contributed by atoms with Crippen LogP contribution in [-0.4, -0.2) is 22.6 Å². The van der Waals surface area contributed by atoms with Crippen molar-refractivity contribution in [1.29, 1.82) is 0 Å². The van der Waals surface area contributed by atoms with E-state index in [4.69, 9.17) is 4.74 Å². The molecule has 0 radical (unpaired) electrons. The topological polar surface area (TPSA) is 66.8 Å². The van der Waals surface area contributed by atoms with E-state index in [9.17, 15) is 23.8 Å². The molecule has 23 heavy (non-hydrogen) atoms. The van der Waals surface area contributed by atoms with E-state index in [1.807, 2.05) is 6.92 Å². The molecule has 0 aliphatic carbocycles. The Kier molecular flexibility index (Phi) is 5.16. The highest BCUT2D eigenvalue weighted by Crippen LogP contribution is 2.29. The molecule has 0 saturated heterocycles. The van der Waals surface area contributed by atoms with Gasteiger partial charge in [-0.2, -0.15) is 0 Å². The molecule has 2 aromatic carbocycles. The van der Waals surface area contributed by atoms with Gasteiger partial charge in [0.25, 0.3) is 0 Å². The zero-order valence-electron chi connectivity index (χ0n) is 12.5. The third-order valence-corrected chi connectivity index (χ3v) is 3.28. The molecule has 2 aromatic rings. The number of rotatable bonds is 6. The number of carbonyl (C=O) groups is 1. The Bertz CT molecular complexity index is 729. The molecule has 0 unspecified atom stereocenters. The third-order valence-electron chi connectivity index (χ3n) is 3.28. The molecule has 0 heterocycles. The number of phenolic OH excluding ortho intramolecular Hbond substituents is 2. The second-order valence-electron chi connectivity index (χ2n) is 5.04. The minimum absolute atomic E-state index is 0.00398. The van der Waals surface area contributed by atoms with Crippen molar-refractivity contribution in [2.24, 2.45) is 0 Å². The predicted octanol–water partition coefficient (Wildman–Crippen LogP) is 3.59. The van der Waals surface area contributed by atoms with E-state index in [0.29, 0.717) is 12.0 Å². The first kappa shape index (κ1) is 16.7. The van der Waals surface area contributed by atoms with Gasteiger partial charge in [0.1, 0.15) is 17.2 Å². The number of ketones is 1. The first-order valence-corrected chi connectivity index (χ1v) is 7.08. The molecule has 0 aromatic heterocycles. The molecule has 0 bridgehead atoms. The van der Waals surface area contributed by atoms with Crippen LogP contribution >= 0.6 is 0 Å². The van der Waals surface area contributed by atoms with Crippen LogP contribution in [0.3, 0.4) is 0 Å². The lowest BCUT2D eigenvalue weighted by molar-refractivity contribution is 0.0918. The van der Waals surface area contributed by atoms with Crippen LogP contribution in [0.15, 0.2) is 30.3 Å². The number of phenols is 2. The average molecular weight is 322 g/mol. The zero-order valence-corrected chi connectivity index (χ0v) is 12.5. The molecule has 0 aliphatic rings. The summed E-state index contributed by atoms with van der Waals surface area (Å²) < 4.78 is 31.0. The maximum absolute atomic E-state index is 13.1. The second kappa shape index (κ2) is 7.09. The van der Waals surface area contributed by atoms with Crippen LogP contribution in [0.2, 0.25) is 0 Å². The summed E-state index contributed by atoms with van der Waals surface area (Å²) in [6.07, 6.45) is 1.31. The molecule has 122 valence electrons. The SMILES string of the molecule is CCCc1cc(C(=O)COc2ccc(F)c(F)c2)c(O)cc1O. The minimum atomic E-state index is -1.08. The summed E-state index contributed by atoms with van der Waals surface area (Å²) in [6.45, 7) is 1.47. The van der Waals surface area contributed by atoms with Gasteiger partial charge in [0.05, 0.1) is 5.56 Å². The lowest BCUT2D eigenvalue weighted by Crippen LogP contribution is -2.12. The molecule has 0 spiro atoms. The molecule has 6 heteroatoms. The van der Waals surface area contributed by atoms with E-state index >= 15 is 0 Å². The summed E-state index contributed by atoms with van der Waals surface area (Å²) >= 11 is 0. The number of hydrogen-bond donors (Lipinski definition) is 2. The van der Waals surface area contributed by atoms with E-state index < -0.39 is 24.0 Å². The fourth-order valence-corrected chi connectivity index (χ4v) is 2.11. The molecule has 0 atom stereocenters. The zero-order chi connectivity index (χ0) is 17.0. The minimum Gasteiger partial charge on any atom is -0.508 e. The Morgan fingerprint density at radius 3 is 2.48 bits per heavy atom. The van der Waals surface area contributed by atoms with Gasteiger partial charge in [-0.1, -0.05) is 13.3 Å². The number of Topliss-reactive ketones (excluding diaryl/α,β-unsaturated/α-hetero) is 1. The van der Waals surface area contributed by atoms with Crippen molar-refractivity contribution in [2.45, 2.75) is 19.8 Å². The van der Waals surface area contributed by atoms with E-state index in [0.717, 1.165) is 24.6 Å². The van der Waals surface area contributed by atoms with Crippen molar-refractivity contribution in [3.05, 3.63) is 53.1 Å². The second-order valence-corrected chi connectivity index (χ2v) is 5.04. The van der Waals surface area contributed by atoms with Crippen LogP contribution in [0.25, 0.3) is 0 Å². The fourth-order valence-electron chi connectivity index (χ4n) is 2.11. The van der Waals surface area contributed by atoms with Crippen LogP contribution in [0.4, 0.5) is 8.78 Å². The van der Waals surface area contributed by atoms with Gasteiger partial charge in [0, 0.05) is 12.1 Å². The van der Waals surface area contributed by atoms with Crippen LogP contribution in [0, 0.1) is 11.6 Å². The van der Waals surface area contributed by atoms with Crippen molar-refractivity contribution in [2.75, 3.05) is 6.61 Å². The first-order valence-electron chi connectivity index (χ1n) is 7.08. The van der Waals surface area contributed by atoms with E-state index in [1.54, 1.807) is 0 Å². The Morgan fingerprint density at radius 2 is 1.83 bits per heavy atom. The van der Waals surface area contributed by atoms with Gasteiger partial charge < -0.3 is 14.9 Å². The van der Waals surface area contributed by atoms with E-state index in [-0.39, 0.29) is 22.8 Å². The Morgan fingerprint density at radius 1 is 1.09 bits per heavy atom. The lowest BCUT2D eigenvalue weighted by atomic mass is 10.0. The highest BCUT2D eigenvalue weighted by molar-refractivity contribution is 6.00. The smallest absolute Gasteiger partial charge is 0.203 e. The fraction of sp³-hybridized carbons (Fsp3) is 0.235. The Labute approximate surface area is 132 Å². The van der Waals surface area contributed by atoms with Crippen LogP contribution < -0.4 is 4.74 Å². The summed E-state index contributed by atoms with van der Waals surface area (Å²) in [5.41, 5.74) is 0.551. The normalized spacial score (nSPS) is 10.6. The van der Waals surface area contributed by atoms with Gasteiger partial charge in [-0.05, 0) is 30.2 Å². The number of carbonyl (C=O) groups excluding carboxylic acids is 1. The summed E-state index contributed by atoms with van der Waals surface area (Å²) in [6, 6.07) is 5.44. The Balaban J connectivity index is 2.13. The summed E-state index contributed by atoms with van der Waals surface area (Å²) in [5.74, 6) is -3.06. The van der Waals surface area contributed by atoms with Crippen LogP contribution in [-0.2, 0) is 6.42 Å². The van der Waals surface area contributed by atoms with Crippen molar-refractivity contribution in [3.8, 4) is 17.2 Å². The molecular weight excluding hydrogens is 306 g/mol. The van der Waals surface area contributed by atoms with Gasteiger partial charge in [-0.3, -0.25) is 4.79 Å². The van der Waals surface area contributed by atoms with Crippen molar-refractivity contribution in [3.63, 3.8) is 0 Å². The molecule has 2 N–H and O–H groups in total. The third kappa shape index (κ3) is 3.97.